The number of hydrogen-bond donors (Lipinski definition) is 1. The van der Waals surface area contributed by atoms with Gasteiger partial charge in [-0.2, -0.15) is 0 Å². The first kappa shape index (κ1) is 23.5. The molecule has 1 aromatic heterocycles. The minimum Gasteiger partial charge on any atom is -0.369 e. The summed E-state index contributed by atoms with van der Waals surface area (Å²) in [6.07, 6.45) is 1.79. The van der Waals surface area contributed by atoms with Crippen molar-refractivity contribution in [1.29, 1.82) is 0 Å². The molecule has 0 saturated carbocycles. The van der Waals surface area contributed by atoms with Crippen LogP contribution in [0.15, 0.2) is 96.1 Å². The van der Waals surface area contributed by atoms with Crippen LogP contribution in [0.4, 0.5) is 0 Å². The first-order valence-corrected chi connectivity index (χ1v) is 12.4. The van der Waals surface area contributed by atoms with E-state index in [-0.39, 0.29) is 24.3 Å². The molecule has 0 atom stereocenters. The molecule has 3 aromatic carbocycles. The van der Waals surface area contributed by atoms with E-state index in [1.165, 1.54) is 4.90 Å². The summed E-state index contributed by atoms with van der Waals surface area (Å²) < 4.78 is 0. The fourth-order valence-corrected chi connectivity index (χ4v) is 5.20. The number of carbonyl (C=O) groups is 2. The maximum Gasteiger partial charge on any atom is 0.266 e. The second kappa shape index (κ2) is 9.23. The minimum atomic E-state index is -1.26. The van der Waals surface area contributed by atoms with Gasteiger partial charge in [0.25, 0.3) is 11.8 Å². The molecule has 2 amide bonds. The molecule has 0 aliphatic carbocycles. The summed E-state index contributed by atoms with van der Waals surface area (Å²) >= 11 is 0. The van der Waals surface area contributed by atoms with Crippen molar-refractivity contribution < 1.29 is 9.59 Å². The zero-order valence-corrected chi connectivity index (χ0v) is 20.9. The average molecular weight is 503 g/mol. The van der Waals surface area contributed by atoms with Gasteiger partial charge in [0.1, 0.15) is 5.82 Å². The van der Waals surface area contributed by atoms with Gasteiger partial charge in [-0.25, -0.2) is 15.0 Å². The van der Waals surface area contributed by atoms with Crippen LogP contribution in [-0.4, -0.2) is 37.5 Å². The highest BCUT2D eigenvalue weighted by Crippen LogP contribution is 2.40. The molecule has 8 heteroatoms. The molecule has 0 fully saturated rings. The molecule has 8 nitrogen and oxygen atoms in total. The van der Waals surface area contributed by atoms with E-state index in [1.807, 2.05) is 85.8 Å². The number of aliphatic imine (C=N–C) groups is 1. The normalized spacial score (nSPS) is 15.9. The van der Waals surface area contributed by atoms with E-state index in [0.717, 1.165) is 27.9 Å². The molecule has 38 heavy (non-hydrogen) atoms. The predicted octanol–water partition coefficient (Wildman–Crippen LogP) is 3.54. The molecular formula is C30H26N6O2. The van der Waals surface area contributed by atoms with Gasteiger partial charge in [-0.15, -0.1) is 0 Å². The quantitative estimate of drug-likeness (QED) is 0.450. The second-order valence-electron chi connectivity index (χ2n) is 9.55. The first-order chi connectivity index (χ1) is 18.5. The average Bonchev–Trinajstić information content (AvgIpc) is 3.48. The van der Waals surface area contributed by atoms with Crippen LogP contribution in [0, 0.1) is 6.92 Å². The van der Waals surface area contributed by atoms with Crippen molar-refractivity contribution in [2.75, 3.05) is 0 Å². The number of aromatic nitrogens is 2. The largest absolute Gasteiger partial charge is 0.369 e. The van der Waals surface area contributed by atoms with Crippen LogP contribution in [0.2, 0.25) is 0 Å². The molecule has 2 aliphatic rings. The Morgan fingerprint density at radius 1 is 0.947 bits per heavy atom. The summed E-state index contributed by atoms with van der Waals surface area (Å²) in [6.45, 7) is 2.96. The fourth-order valence-electron chi connectivity index (χ4n) is 5.20. The number of amides is 2. The van der Waals surface area contributed by atoms with Crippen molar-refractivity contribution in [3.63, 3.8) is 0 Å². The lowest BCUT2D eigenvalue weighted by Crippen LogP contribution is -2.43. The summed E-state index contributed by atoms with van der Waals surface area (Å²) in [5, 5.41) is 0. The maximum absolute atomic E-state index is 14.1. The third-order valence-electron chi connectivity index (χ3n) is 7.07. The van der Waals surface area contributed by atoms with Gasteiger partial charge < -0.3 is 10.6 Å². The molecular weight excluding hydrogens is 476 g/mol. The summed E-state index contributed by atoms with van der Waals surface area (Å²) in [5.41, 5.74) is 9.79. The van der Waals surface area contributed by atoms with E-state index in [4.69, 9.17) is 10.7 Å². The number of hydrogen-bond acceptors (Lipinski definition) is 6. The van der Waals surface area contributed by atoms with Crippen molar-refractivity contribution in [2.45, 2.75) is 32.1 Å². The van der Waals surface area contributed by atoms with Crippen LogP contribution in [0.25, 0.3) is 0 Å². The monoisotopic (exact) mass is 502 g/mol. The Morgan fingerprint density at radius 3 is 2.32 bits per heavy atom. The summed E-state index contributed by atoms with van der Waals surface area (Å²) in [4.78, 5) is 44.1. The summed E-state index contributed by atoms with van der Waals surface area (Å²) in [5.74, 6) is 0.507. The SMILES string of the molecule is Cc1ncc2c(n1)CN(C(=O)c1cccc(CN3C(=O)C(c4ccccc4)(c4ccccc4)N=C3N)c1)C2. The van der Waals surface area contributed by atoms with Crippen LogP contribution in [-0.2, 0) is 30.0 Å². The zero-order chi connectivity index (χ0) is 26.3. The van der Waals surface area contributed by atoms with E-state index in [0.29, 0.717) is 24.5 Å². The number of guanidine groups is 1. The van der Waals surface area contributed by atoms with Crippen molar-refractivity contribution in [3.8, 4) is 0 Å². The van der Waals surface area contributed by atoms with Crippen molar-refractivity contribution in [1.82, 2.24) is 19.8 Å². The van der Waals surface area contributed by atoms with E-state index in [1.54, 1.807) is 17.2 Å². The topological polar surface area (TPSA) is 105 Å². The van der Waals surface area contributed by atoms with Crippen molar-refractivity contribution >= 4 is 17.8 Å². The van der Waals surface area contributed by atoms with Gasteiger partial charge in [0.2, 0.25) is 0 Å². The lowest BCUT2D eigenvalue weighted by atomic mass is 9.83. The smallest absolute Gasteiger partial charge is 0.266 e. The van der Waals surface area contributed by atoms with Crippen LogP contribution >= 0.6 is 0 Å². The standard InChI is InChI=1S/C30H26N6O2/c1-20-32-16-23-18-35(19-26(23)33-20)27(37)22-10-8-9-21(15-22)17-36-28(38)30(34-29(36)31,24-11-4-2-5-12-24)25-13-6-3-7-14-25/h2-16H,17-19H2,1H3,(H2,31,34). The number of rotatable bonds is 5. The van der Waals surface area contributed by atoms with Crippen LogP contribution in [0.3, 0.4) is 0 Å². The zero-order valence-electron chi connectivity index (χ0n) is 20.9. The van der Waals surface area contributed by atoms with Gasteiger partial charge in [-0.1, -0.05) is 72.8 Å². The van der Waals surface area contributed by atoms with Gasteiger partial charge in [0.15, 0.2) is 11.5 Å². The molecule has 6 rings (SSSR count). The third kappa shape index (κ3) is 3.91. The van der Waals surface area contributed by atoms with E-state index < -0.39 is 5.54 Å². The van der Waals surface area contributed by atoms with Gasteiger partial charge >= 0.3 is 0 Å². The predicted molar refractivity (Wildman–Crippen MR) is 143 cm³/mol. The molecule has 0 spiro atoms. The Hall–Kier alpha value is -4.85. The van der Waals surface area contributed by atoms with E-state index >= 15 is 0 Å². The highest BCUT2D eigenvalue weighted by Gasteiger charge is 2.50. The Bertz CT molecular complexity index is 1530. The number of nitrogens with two attached hydrogens (primary N) is 1. The molecule has 3 heterocycles. The van der Waals surface area contributed by atoms with Crippen LogP contribution < -0.4 is 5.73 Å². The van der Waals surface area contributed by atoms with E-state index in [2.05, 4.69) is 9.97 Å². The van der Waals surface area contributed by atoms with Crippen molar-refractivity contribution in [2.24, 2.45) is 10.7 Å². The highest BCUT2D eigenvalue weighted by molar-refractivity contribution is 6.09. The number of fused-ring (bicyclic) bond motifs is 1. The number of benzene rings is 3. The second-order valence-corrected chi connectivity index (χ2v) is 9.55. The summed E-state index contributed by atoms with van der Waals surface area (Å²) in [6, 6.07) is 26.2. The molecule has 0 unspecified atom stereocenters. The number of nitrogens with zero attached hydrogens (tertiary/aromatic N) is 5. The minimum absolute atomic E-state index is 0.0974. The molecule has 0 saturated heterocycles. The van der Waals surface area contributed by atoms with Gasteiger partial charge in [0, 0.05) is 23.9 Å². The first-order valence-electron chi connectivity index (χ1n) is 12.4. The number of aryl methyl sites for hydroxylation is 1. The lowest BCUT2D eigenvalue weighted by Gasteiger charge is -2.27. The lowest BCUT2D eigenvalue weighted by molar-refractivity contribution is -0.130. The molecule has 2 aliphatic heterocycles. The van der Waals surface area contributed by atoms with Crippen molar-refractivity contribution in [3.05, 3.63) is 130 Å². The molecule has 0 radical (unpaired) electrons. The molecule has 188 valence electrons. The van der Waals surface area contributed by atoms with Gasteiger partial charge in [-0.3, -0.25) is 14.5 Å². The Kier molecular flexibility index (Phi) is 5.72. The fraction of sp³-hybridized carbons (Fsp3) is 0.167. The molecule has 4 aromatic rings. The number of carbonyl (C=O) groups excluding carboxylic acids is 2. The van der Waals surface area contributed by atoms with Crippen LogP contribution in [0.5, 0.6) is 0 Å². The highest BCUT2D eigenvalue weighted by atomic mass is 16.2. The molecule has 2 N–H and O–H groups in total. The van der Waals surface area contributed by atoms with E-state index in [9.17, 15) is 9.59 Å². The third-order valence-corrected chi connectivity index (χ3v) is 7.07. The van der Waals surface area contributed by atoms with Gasteiger partial charge in [-0.05, 0) is 35.7 Å². The molecule has 0 bridgehead atoms. The van der Waals surface area contributed by atoms with Crippen LogP contribution in [0.1, 0.15) is 44.1 Å². The Labute approximate surface area is 220 Å². The maximum atomic E-state index is 14.1. The summed E-state index contributed by atoms with van der Waals surface area (Å²) in [7, 11) is 0. The van der Waals surface area contributed by atoms with Gasteiger partial charge in [0.05, 0.1) is 18.8 Å². The Balaban J connectivity index is 1.27. The Morgan fingerprint density at radius 2 is 1.63 bits per heavy atom.